The fraction of sp³-hybridized carbons (Fsp3) is 0.929. The minimum Gasteiger partial charge on any atom is -0.378 e. The van der Waals surface area contributed by atoms with E-state index in [4.69, 9.17) is 9.47 Å². The van der Waals surface area contributed by atoms with Gasteiger partial charge >= 0.3 is 0 Å². The fourth-order valence-electron chi connectivity index (χ4n) is 2.14. The lowest BCUT2D eigenvalue weighted by Gasteiger charge is -2.21. The molecule has 1 fully saturated rings. The molecule has 0 aromatic rings. The van der Waals surface area contributed by atoms with E-state index in [1.54, 1.807) is 0 Å². The molecule has 0 radical (unpaired) electrons. The Balaban J connectivity index is 1.86. The first kappa shape index (κ1) is 15.4. The summed E-state index contributed by atoms with van der Waals surface area (Å²) >= 11 is 0. The molecule has 1 amide bonds. The molecule has 1 aliphatic carbocycles. The fourth-order valence-corrected chi connectivity index (χ4v) is 2.14. The molecule has 0 bridgehead atoms. The monoisotopic (exact) mass is 257 g/mol. The number of hydrogen-bond acceptors (Lipinski definition) is 3. The minimum atomic E-state index is -0.0267. The third-order valence-electron chi connectivity index (χ3n) is 3.13. The van der Waals surface area contributed by atoms with E-state index in [0.29, 0.717) is 19.3 Å². The van der Waals surface area contributed by atoms with Gasteiger partial charge in [-0.15, -0.1) is 0 Å². The van der Waals surface area contributed by atoms with Crippen molar-refractivity contribution < 1.29 is 14.3 Å². The first-order valence-electron chi connectivity index (χ1n) is 7.29. The van der Waals surface area contributed by atoms with Crippen LogP contribution in [0.15, 0.2) is 0 Å². The van der Waals surface area contributed by atoms with Gasteiger partial charge in [-0.3, -0.25) is 4.79 Å². The second kappa shape index (κ2) is 10.3. The molecule has 0 unspecified atom stereocenters. The molecule has 1 saturated carbocycles. The van der Waals surface area contributed by atoms with E-state index in [-0.39, 0.29) is 12.5 Å². The van der Waals surface area contributed by atoms with Crippen LogP contribution in [0.2, 0.25) is 0 Å². The maximum Gasteiger partial charge on any atom is 0.245 e. The van der Waals surface area contributed by atoms with Gasteiger partial charge < -0.3 is 14.8 Å². The molecule has 0 spiro atoms. The lowest BCUT2D eigenvalue weighted by molar-refractivity contribution is -0.125. The third kappa shape index (κ3) is 7.67. The predicted octanol–water partition coefficient (Wildman–Crippen LogP) is 2.27. The summed E-state index contributed by atoms with van der Waals surface area (Å²) in [6, 6.07) is 0. The van der Waals surface area contributed by atoms with Gasteiger partial charge in [0.1, 0.15) is 6.61 Å². The van der Waals surface area contributed by atoms with Gasteiger partial charge in [0, 0.05) is 19.8 Å². The van der Waals surface area contributed by atoms with Crippen LogP contribution in [-0.2, 0) is 14.3 Å². The van der Waals surface area contributed by atoms with Gasteiger partial charge in [-0.2, -0.15) is 0 Å². The van der Waals surface area contributed by atoms with E-state index in [1.807, 2.05) is 6.92 Å². The normalized spacial score (nSPS) is 16.7. The van der Waals surface area contributed by atoms with Gasteiger partial charge in [-0.1, -0.05) is 26.2 Å². The SMILES string of the molecule is CCCOCC(=O)NCCCOC1CCCCC1. The molecule has 106 valence electrons. The van der Waals surface area contributed by atoms with Gasteiger partial charge in [0.25, 0.3) is 0 Å². The van der Waals surface area contributed by atoms with Crippen LogP contribution < -0.4 is 5.32 Å². The van der Waals surface area contributed by atoms with E-state index >= 15 is 0 Å². The van der Waals surface area contributed by atoms with E-state index in [9.17, 15) is 4.79 Å². The van der Waals surface area contributed by atoms with Gasteiger partial charge in [0.05, 0.1) is 6.10 Å². The molecule has 0 aromatic carbocycles. The van der Waals surface area contributed by atoms with Crippen LogP contribution in [-0.4, -0.2) is 38.4 Å². The first-order chi connectivity index (χ1) is 8.83. The summed E-state index contributed by atoms with van der Waals surface area (Å²) < 4.78 is 10.9. The summed E-state index contributed by atoms with van der Waals surface area (Å²) in [7, 11) is 0. The van der Waals surface area contributed by atoms with Crippen LogP contribution >= 0.6 is 0 Å². The Bertz CT molecular complexity index is 215. The average Bonchev–Trinajstić information content (AvgIpc) is 2.40. The molecule has 18 heavy (non-hydrogen) atoms. The van der Waals surface area contributed by atoms with Crippen LogP contribution in [0.4, 0.5) is 0 Å². The number of carbonyl (C=O) groups excluding carboxylic acids is 1. The topological polar surface area (TPSA) is 47.6 Å². The van der Waals surface area contributed by atoms with E-state index < -0.39 is 0 Å². The maximum absolute atomic E-state index is 11.3. The molecule has 0 aliphatic heterocycles. The highest BCUT2D eigenvalue weighted by atomic mass is 16.5. The number of amides is 1. The zero-order valence-electron chi connectivity index (χ0n) is 11.6. The van der Waals surface area contributed by atoms with E-state index in [1.165, 1.54) is 32.1 Å². The average molecular weight is 257 g/mol. The molecule has 1 rings (SSSR count). The minimum absolute atomic E-state index is 0.0267. The summed E-state index contributed by atoms with van der Waals surface area (Å²) in [5.41, 5.74) is 0. The van der Waals surface area contributed by atoms with Crippen LogP contribution in [0.25, 0.3) is 0 Å². The zero-order chi connectivity index (χ0) is 13.1. The first-order valence-corrected chi connectivity index (χ1v) is 7.29. The second-order valence-electron chi connectivity index (χ2n) is 4.89. The van der Waals surface area contributed by atoms with Crippen molar-refractivity contribution in [1.82, 2.24) is 5.32 Å². The lowest BCUT2D eigenvalue weighted by Crippen LogP contribution is -2.29. The molecule has 0 aromatic heterocycles. The summed E-state index contributed by atoms with van der Waals surface area (Å²) in [6.07, 6.45) is 8.66. The van der Waals surface area contributed by atoms with Crippen molar-refractivity contribution in [2.24, 2.45) is 0 Å². The molecule has 0 saturated heterocycles. The molecular formula is C14H27NO3. The number of carbonyl (C=O) groups is 1. The Morgan fingerprint density at radius 3 is 2.72 bits per heavy atom. The van der Waals surface area contributed by atoms with Gasteiger partial charge in [0.2, 0.25) is 5.91 Å². The van der Waals surface area contributed by atoms with Crippen molar-refractivity contribution in [3.63, 3.8) is 0 Å². The van der Waals surface area contributed by atoms with E-state index in [0.717, 1.165) is 19.4 Å². The van der Waals surface area contributed by atoms with Crippen molar-refractivity contribution in [1.29, 1.82) is 0 Å². The number of hydrogen-bond donors (Lipinski definition) is 1. The summed E-state index contributed by atoms with van der Waals surface area (Å²) in [6.45, 7) is 4.29. The highest BCUT2D eigenvalue weighted by molar-refractivity contribution is 5.77. The van der Waals surface area contributed by atoms with Crippen molar-refractivity contribution in [3.8, 4) is 0 Å². The number of nitrogens with one attached hydrogen (secondary N) is 1. The van der Waals surface area contributed by atoms with Crippen molar-refractivity contribution >= 4 is 5.91 Å². The lowest BCUT2D eigenvalue weighted by atomic mass is 9.98. The van der Waals surface area contributed by atoms with Gasteiger partial charge in [0.15, 0.2) is 0 Å². The van der Waals surface area contributed by atoms with Gasteiger partial charge in [-0.25, -0.2) is 0 Å². The van der Waals surface area contributed by atoms with E-state index in [2.05, 4.69) is 5.32 Å². The molecular weight excluding hydrogens is 230 g/mol. The predicted molar refractivity (Wildman–Crippen MR) is 71.6 cm³/mol. The Labute approximate surface area is 110 Å². The molecule has 4 heteroatoms. The van der Waals surface area contributed by atoms with Crippen LogP contribution in [0, 0.1) is 0 Å². The van der Waals surface area contributed by atoms with Crippen LogP contribution in [0.5, 0.6) is 0 Å². The van der Waals surface area contributed by atoms with Crippen LogP contribution in [0.1, 0.15) is 51.9 Å². The highest BCUT2D eigenvalue weighted by Gasteiger charge is 2.12. The number of rotatable bonds is 9. The van der Waals surface area contributed by atoms with Crippen molar-refractivity contribution in [3.05, 3.63) is 0 Å². The van der Waals surface area contributed by atoms with Crippen molar-refractivity contribution in [2.45, 2.75) is 58.0 Å². The maximum atomic E-state index is 11.3. The third-order valence-corrected chi connectivity index (χ3v) is 3.13. The Morgan fingerprint density at radius 1 is 1.22 bits per heavy atom. The quantitative estimate of drug-likeness (QED) is 0.645. The Kier molecular flexibility index (Phi) is 8.86. The molecule has 1 aliphatic rings. The number of ether oxygens (including phenoxy) is 2. The summed E-state index contributed by atoms with van der Waals surface area (Å²) in [5.74, 6) is -0.0267. The zero-order valence-corrected chi connectivity index (χ0v) is 11.6. The van der Waals surface area contributed by atoms with Crippen molar-refractivity contribution in [2.75, 3.05) is 26.4 Å². The Morgan fingerprint density at radius 2 is 2.00 bits per heavy atom. The molecule has 4 nitrogen and oxygen atoms in total. The largest absolute Gasteiger partial charge is 0.378 e. The molecule has 0 heterocycles. The summed E-state index contributed by atoms with van der Waals surface area (Å²) in [5, 5.41) is 2.84. The Hall–Kier alpha value is -0.610. The van der Waals surface area contributed by atoms with Crippen LogP contribution in [0.3, 0.4) is 0 Å². The molecule has 1 N–H and O–H groups in total. The highest BCUT2D eigenvalue weighted by Crippen LogP contribution is 2.20. The van der Waals surface area contributed by atoms with Gasteiger partial charge in [-0.05, 0) is 25.7 Å². The second-order valence-corrected chi connectivity index (χ2v) is 4.89. The molecule has 0 atom stereocenters. The smallest absolute Gasteiger partial charge is 0.245 e. The summed E-state index contributed by atoms with van der Waals surface area (Å²) in [4.78, 5) is 11.3. The standard InChI is InChI=1S/C14H27NO3/c1-2-10-17-12-14(16)15-9-6-11-18-13-7-4-3-5-8-13/h13H,2-12H2,1H3,(H,15,16).